The summed E-state index contributed by atoms with van der Waals surface area (Å²) in [5, 5.41) is 5.06. The molecule has 8 heteroatoms. The van der Waals surface area contributed by atoms with E-state index in [4.69, 9.17) is 10.2 Å². The van der Waals surface area contributed by atoms with Crippen molar-refractivity contribution in [2.75, 3.05) is 6.54 Å². The molecule has 5 nitrogen and oxygen atoms in total. The second kappa shape index (κ2) is 8.34. The van der Waals surface area contributed by atoms with Crippen molar-refractivity contribution in [3.05, 3.63) is 29.0 Å². The van der Waals surface area contributed by atoms with E-state index in [0.717, 1.165) is 17.7 Å². The first-order chi connectivity index (χ1) is 10.5. The highest BCUT2D eigenvalue weighted by molar-refractivity contribution is 7.13. The molecule has 1 saturated carbocycles. The number of carbonyl (C=O) groups excluding carboxylic acids is 1. The normalized spacial score (nSPS) is 15.8. The van der Waals surface area contributed by atoms with Crippen LogP contribution in [0.25, 0.3) is 10.8 Å². The molecule has 24 heavy (non-hydrogen) atoms. The summed E-state index contributed by atoms with van der Waals surface area (Å²) in [5.41, 5.74) is 6.23. The Hall–Kier alpha value is -1.08. The molecule has 2 aromatic rings. The number of hydrogen-bond donors (Lipinski definition) is 2. The number of nitrogens with zero attached hydrogens (tertiary/aromatic N) is 1. The summed E-state index contributed by atoms with van der Waals surface area (Å²) in [6, 6.07) is 3.91. The molecule has 0 aliphatic heterocycles. The van der Waals surface area contributed by atoms with Crippen molar-refractivity contribution in [3.63, 3.8) is 0 Å². The minimum Gasteiger partial charge on any atom is -0.440 e. The van der Waals surface area contributed by atoms with Crippen LogP contribution in [-0.4, -0.2) is 23.0 Å². The number of rotatable bonds is 6. The lowest BCUT2D eigenvalue weighted by atomic mass is 9.95. The van der Waals surface area contributed by atoms with E-state index in [0.29, 0.717) is 29.8 Å². The molecular formula is C16H23Cl2N3O2S. The number of hydrogen-bond acceptors (Lipinski definition) is 5. The Morgan fingerprint density at radius 1 is 1.50 bits per heavy atom. The predicted molar refractivity (Wildman–Crippen MR) is 101 cm³/mol. The molecule has 3 rings (SSSR count). The van der Waals surface area contributed by atoms with Crippen LogP contribution in [-0.2, 0) is 11.2 Å². The van der Waals surface area contributed by atoms with Gasteiger partial charge in [-0.15, -0.1) is 36.2 Å². The van der Waals surface area contributed by atoms with Crippen LogP contribution < -0.4 is 11.1 Å². The number of carbonyl (C=O) groups is 1. The lowest BCUT2D eigenvalue weighted by Gasteiger charge is -2.29. The fourth-order valence-corrected chi connectivity index (χ4v) is 3.30. The molecule has 1 unspecified atom stereocenters. The number of aryl methyl sites for hydroxylation is 1. The van der Waals surface area contributed by atoms with Crippen molar-refractivity contribution in [3.8, 4) is 10.8 Å². The molecule has 0 saturated heterocycles. The van der Waals surface area contributed by atoms with E-state index in [2.05, 4.69) is 10.3 Å². The second-order valence-electron chi connectivity index (χ2n) is 6.12. The van der Waals surface area contributed by atoms with Gasteiger partial charge in [-0.3, -0.25) is 4.79 Å². The average Bonchev–Trinajstić information content (AvgIpc) is 3.10. The van der Waals surface area contributed by atoms with Gasteiger partial charge in [-0.1, -0.05) is 6.07 Å². The molecule has 0 spiro atoms. The quantitative estimate of drug-likeness (QED) is 0.790. The van der Waals surface area contributed by atoms with Crippen LogP contribution in [0.2, 0.25) is 0 Å². The molecule has 1 atom stereocenters. The Morgan fingerprint density at radius 2 is 2.21 bits per heavy atom. The zero-order valence-corrected chi connectivity index (χ0v) is 16.2. The van der Waals surface area contributed by atoms with Gasteiger partial charge in [0.1, 0.15) is 5.76 Å². The number of oxazole rings is 1. The number of halogens is 2. The lowest BCUT2D eigenvalue weighted by Crippen LogP contribution is -2.53. The number of aromatic nitrogens is 1. The van der Waals surface area contributed by atoms with Gasteiger partial charge in [0.15, 0.2) is 0 Å². The highest BCUT2D eigenvalue weighted by Crippen LogP contribution is 2.39. The van der Waals surface area contributed by atoms with Gasteiger partial charge in [0.25, 0.3) is 0 Å². The first kappa shape index (κ1) is 21.0. The Kier molecular flexibility index (Phi) is 7.28. The molecule has 1 aliphatic rings. The highest BCUT2D eigenvalue weighted by atomic mass is 35.5. The molecular weight excluding hydrogens is 369 g/mol. The summed E-state index contributed by atoms with van der Waals surface area (Å²) < 4.78 is 5.67. The van der Waals surface area contributed by atoms with Crippen LogP contribution in [0.4, 0.5) is 0 Å². The van der Waals surface area contributed by atoms with E-state index in [1.165, 1.54) is 0 Å². The van der Waals surface area contributed by atoms with Gasteiger partial charge < -0.3 is 15.5 Å². The first-order valence-corrected chi connectivity index (χ1v) is 8.41. The van der Waals surface area contributed by atoms with Crippen LogP contribution >= 0.6 is 36.2 Å². The van der Waals surface area contributed by atoms with Gasteiger partial charge in [-0.25, -0.2) is 4.98 Å². The van der Waals surface area contributed by atoms with Gasteiger partial charge in [0.05, 0.1) is 22.5 Å². The molecule has 2 aromatic heterocycles. The highest BCUT2D eigenvalue weighted by Gasteiger charge is 2.41. The number of thiophene rings is 1. The minimum absolute atomic E-state index is 0. The van der Waals surface area contributed by atoms with Crippen LogP contribution in [0, 0.1) is 12.8 Å². The van der Waals surface area contributed by atoms with Gasteiger partial charge in [0.2, 0.25) is 11.8 Å². The van der Waals surface area contributed by atoms with Crippen LogP contribution in [0.5, 0.6) is 0 Å². The largest absolute Gasteiger partial charge is 0.440 e. The Labute approximate surface area is 158 Å². The van der Waals surface area contributed by atoms with Crippen LogP contribution in [0.1, 0.15) is 31.2 Å². The number of amides is 1. The molecule has 0 bridgehead atoms. The maximum atomic E-state index is 12.3. The third-order valence-corrected chi connectivity index (χ3v) is 5.14. The Balaban J connectivity index is 0.00000144. The van der Waals surface area contributed by atoms with Gasteiger partial charge in [-0.2, -0.15) is 0 Å². The molecule has 2 heterocycles. The van der Waals surface area contributed by atoms with Crippen molar-refractivity contribution in [2.24, 2.45) is 11.7 Å². The van der Waals surface area contributed by atoms with Crippen molar-refractivity contribution in [2.45, 2.75) is 38.6 Å². The smallest absolute Gasteiger partial charge is 0.236 e. The lowest BCUT2D eigenvalue weighted by molar-refractivity contribution is -0.122. The second-order valence-corrected chi connectivity index (χ2v) is 7.07. The molecule has 134 valence electrons. The molecule has 0 radical (unpaired) electrons. The number of nitrogens with two attached hydrogens (primary N) is 1. The van der Waals surface area contributed by atoms with E-state index in [9.17, 15) is 4.79 Å². The zero-order valence-electron chi connectivity index (χ0n) is 13.7. The molecule has 1 aliphatic carbocycles. The standard InChI is InChI=1S/C16H21N3O2S.2ClH/c1-10-12(18-15(21-10)13-4-3-7-22-13)8-14(20)19-16(2,9-17)11-5-6-11;;/h3-4,7,11H,5-6,8-9,17H2,1-2H3,(H,19,20);2*1H. The topological polar surface area (TPSA) is 81.2 Å². The van der Waals surface area contributed by atoms with Gasteiger partial charge in [0, 0.05) is 6.54 Å². The van der Waals surface area contributed by atoms with Crippen LogP contribution in [0.15, 0.2) is 21.9 Å². The zero-order chi connectivity index (χ0) is 15.7. The molecule has 3 N–H and O–H groups in total. The van der Waals surface area contributed by atoms with E-state index < -0.39 is 0 Å². The average molecular weight is 392 g/mol. The predicted octanol–water partition coefficient (Wildman–Crippen LogP) is 3.34. The molecule has 1 amide bonds. The van der Waals surface area contributed by atoms with E-state index in [-0.39, 0.29) is 42.7 Å². The Bertz CT molecular complexity index is 671. The summed E-state index contributed by atoms with van der Waals surface area (Å²) in [7, 11) is 0. The SMILES string of the molecule is Cc1oc(-c2cccs2)nc1CC(=O)NC(C)(CN)C1CC1.Cl.Cl. The monoisotopic (exact) mass is 391 g/mol. The third-order valence-electron chi connectivity index (χ3n) is 4.28. The summed E-state index contributed by atoms with van der Waals surface area (Å²) in [6.45, 7) is 4.33. The van der Waals surface area contributed by atoms with Gasteiger partial charge in [-0.05, 0) is 44.1 Å². The fraction of sp³-hybridized carbons (Fsp3) is 0.500. The van der Waals surface area contributed by atoms with Crippen molar-refractivity contribution >= 4 is 42.1 Å². The summed E-state index contributed by atoms with van der Waals surface area (Å²) >= 11 is 1.57. The van der Waals surface area contributed by atoms with Crippen molar-refractivity contribution < 1.29 is 9.21 Å². The maximum absolute atomic E-state index is 12.3. The maximum Gasteiger partial charge on any atom is 0.236 e. The summed E-state index contributed by atoms with van der Waals surface area (Å²) in [5.74, 6) is 1.73. The Morgan fingerprint density at radius 3 is 2.75 bits per heavy atom. The number of nitrogens with one attached hydrogen (secondary N) is 1. The molecule has 0 aromatic carbocycles. The van der Waals surface area contributed by atoms with Gasteiger partial charge >= 0.3 is 0 Å². The van der Waals surface area contributed by atoms with Crippen molar-refractivity contribution in [1.29, 1.82) is 0 Å². The first-order valence-electron chi connectivity index (χ1n) is 7.53. The van der Waals surface area contributed by atoms with E-state index in [1.54, 1.807) is 11.3 Å². The van der Waals surface area contributed by atoms with Crippen molar-refractivity contribution in [1.82, 2.24) is 10.3 Å². The summed E-state index contributed by atoms with van der Waals surface area (Å²) in [4.78, 5) is 17.8. The summed E-state index contributed by atoms with van der Waals surface area (Å²) in [6.07, 6.45) is 2.50. The minimum atomic E-state index is -0.300. The van der Waals surface area contributed by atoms with Crippen LogP contribution in [0.3, 0.4) is 0 Å². The fourth-order valence-electron chi connectivity index (χ4n) is 2.65. The van der Waals surface area contributed by atoms with E-state index in [1.807, 2.05) is 31.4 Å². The van der Waals surface area contributed by atoms with E-state index >= 15 is 0 Å². The third kappa shape index (κ3) is 4.51. The molecule has 1 fully saturated rings.